The van der Waals surface area contributed by atoms with E-state index < -0.39 is 30.2 Å². The zero-order valence-electron chi connectivity index (χ0n) is 28.2. The largest absolute Gasteiger partial charge is 0.510 e. The number of carbonyl (C=O) groups is 3. The molecule has 18 nitrogen and oxygen atoms in total. The summed E-state index contributed by atoms with van der Waals surface area (Å²) in [6, 6.07) is 20.3. The number of hydrazone groups is 1. The van der Waals surface area contributed by atoms with Crippen molar-refractivity contribution in [1.82, 2.24) is 14.7 Å². The number of benzene rings is 3. The fraction of sp³-hybridized carbons (Fsp3) is 0.303. The van der Waals surface area contributed by atoms with Gasteiger partial charge in [-0.15, -0.1) is 15.2 Å². The minimum Gasteiger partial charge on any atom is -0.465 e. The second kappa shape index (κ2) is 19.3. The van der Waals surface area contributed by atoms with Crippen LogP contribution in [-0.4, -0.2) is 88.5 Å². The Morgan fingerprint density at radius 2 is 1.79 bits per heavy atom. The molecule has 0 spiro atoms. The summed E-state index contributed by atoms with van der Waals surface area (Å²) in [5.41, 5.74) is 10.6. The number of rotatable bonds is 20. The van der Waals surface area contributed by atoms with Gasteiger partial charge in [0.15, 0.2) is 12.6 Å². The molecular formula is C33H37N7O11S. The number of esters is 1. The number of thioether (sulfide) groups is 1. The van der Waals surface area contributed by atoms with Crippen molar-refractivity contribution in [3.05, 3.63) is 93.5 Å². The first kappa shape index (κ1) is 38.7. The standard InChI is InChI=1S/C33H37N7O11S/c1-3-46-32-36-28-10-6-9-27(31(42)51-22(2)49-21-41)29(28)38(32)19-23-11-13-24(14-12-23)25-7-4-5-8-26(25)30(34)37-39(35)20-48-33(43)47-15-17-52-18-16-50-40(44)45/h4-14,21-22H,3,15-20,35H2,1-2H3,(H2,34,37). The molecular weight excluding hydrogens is 702 g/mol. The molecule has 1 atom stereocenters. The van der Waals surface area contributed by atoms with Crippen LogP contribution in [0.1, 0.15) is 35.3 Å². The van der Waals surface area contributed by atoms with Gasteiger partial charge in [-0.25, -0.2) is 15.4 Å². The van der Waals surface area contributed by atoms with Gasteiger partial charge >= 0.3 is 12.1 Å². The van der Waals surface area contributed by atoms with Gasteiger partial charge < -0.3 is 34.3 Å². The number of hydrogen-bond acceptors (Lipinski definition) is 16. The van der Waals surface area contributed by atoms with E-state index >= 15 is 0 Å². The summed E-state index contributed by atoms with van der Waals surface area (Å²) < 4.78 is 27.5. The van der Waals surface area contributed by atoms with Gasteiger partial charge in [-0.2, -0.15) is 21.9 Å². The lowest BCUT2D eigenvalue weighted by Gasteiger charge is -2.16. The van der Waals surface area contributed by atoms with Crippen molar-refractivity contribution < 1.29 is 48.0 Å². The highest BCUT2D eigenvalue weighted by molar-refractivity contribution is 7.99. The molecule has 4 N–H and O–H groups in total. The maximum Gasteiger partial charge on any atom is 0.510 e. The van der Waals surface area contributed by atoms with Gasteiger partial charge in [0.1, 0.15) is 13.2 Å². The first-order chi connectivity index (χ1) is 25.1. The molecule has 276 valence electrons. The molecule has 52 heavy (non-hydrogen) atoms. The van der Waals surface area contributed by atoms with Crippen LogP contribution < -0.4 is 16.3 Å². The van der Waals surface area contributed by atoms with Crippen molar-refractivity contribution in [2.75, 3.05) is 38.1 Å². The summed E-state index contributed by atoms with van der Waals surface area (Å²) >= 11 is 1.30. The van der Waals surface area contributed by atoms with Crippen molar-refractivity contribution in [1.29, 1.82) is 0 Å². The summed E-state index contributed by atoms with van der Waals surface area (Å²) in [6.07, 6.45) is -2.05. The number of aromatic nitrogens is 2. The molecule has 0 amide bonds. The first-order valence-corrected chi connectivity index (χ1v) is 16.9. The molecule has 0 aliphatic carbocycles. The molecule has 0 radical (unpaired) electrons. The molecule has 0 aliphatic rings. The van der Waals surface area contributed by atoms with Crippen molar-refractivity contribution in [3.63, 3.8) is 0 Å². The minimum absolute atomic E-state index is 0.0188. The third-order valence-corrected chi connectivity index (χ3v) is 7.89. The quantitative estimate of drug-likeness (QED) is 0.0151. The van der Waals surface area contributed by atoms with Gasteiger partial charge in [0.05, 0.1) is 29.7 Å². The normalized spacial score (nSPS) is 11.7. The second-order valence-corrected chi connectivity index (χ2v) is 11.7. The van der Waals surface area contributed by atoms with Gasteiger partial charge in [0.2, 0.25) is 6.29 Å². The highest BCUT2D eigenvalue weighted by Gasteiger charge is 2.22. The van der Waals surface area contributed by atoms with E-state index in [0.29, 0.717) is 47.3 Å². The van der Waals surface area contributed by atoms with E-state index in [1.165, 1.54) is 18.7 Å². The number of fused-ring (bicyclic) bond motifs is 1. The Morgan fingerprint density at radius 1 is 1.06 bits per heavy atom. The highest BCUT2D eigenvalue weighted by atomic mass is 32.2. The highest BCUT2D eigenvalue weighted by Crippen LogP contribution is 2.29. The van der Waals surface area contributed by atoms with Crippen LogP contribution in [0.25, 0.3) is 22.2 Å². The molecule has 0 bridgehead atoms. The van der Waals surface area contributed by atoms with E-state index in [0.717, 1.165) is 21.8 Å². The molecule has 1 heterocycles. The monoisotopic (exact) mass is 739 g/mol. The molecule has 0 saturated heterocycles. The Balaban J connectivity index is 1.43. The SMILES string of the molecule is CCOc1nc2cccc(C(=O)OC(C)OC=O)c2n1Cc1ccc(-c2ccccc2/C(N)=N/N(N)COC(=O)OCCSCCO[N+](=O)[O-])cc1. The minimum atomic E-state index is -1.08. The summed E-state index contributed by atoms with van der Waals surface area (Å²) in [5, 5.41) is 14.2. The summed E-state index contributed by atoms with van der Waals surface area (Å²) in [6.45, 7) is 3.61. The number of nitrogens with zero attached hydrogens (tertiary/aromatic N) is 5. The Morgan fingerprint density at radius 3 is 2.52 bits per heavy atom. The smallest absolute Gasteiger partial charge is 0.465 e. The molecule has 0 fully saturated rings. The maximum atomic E-state index is 13.1. The van der Waals surface area contributed by atoms with E-state index in [9.17, 15) is 24.5 Å². The Kier molecular flexibility index (Phi) is 14.4. The molecule has 3 aromatic carbocycles. The van der Waals surface area contributed by atoms with Gasteiger partial charge in [0, 0.05) is 24.0 Å². The fourth-order valence-electron chi connectivity index (χ4n) is 4.80. The van der Waals surface area contributed by atoms with Gasteiger partial charge in [-0.05, 0) is 35.7 Å². The maximum absolute atomic E-state index is 13.1. The van der Waals surface area contributed by atoms with Crippen LogP contribution in [0.5, 0.6) is 6.01 Å². The van der Waals surface area contributed by atoms with E-state index in [-0.39, 0.29) is 31.1 Å². The predicted molar refractivity (Wildman–Crippen MR) is 188 cm³/mol. The summed E-state index contributed by atoms with van der Waals surface area (Å²) in [4.78, 5) is 54.5. The van der Waals surface area contributed by atoms with Crippen LogP contribution in [-0.2, 0) is 35.1 Å². The Hall–Kier alpha value is -6.08. The van der Waals surface area contributed by atoms with Gasteiger partial charge in [-0.3, -0.25) is 9.36 Å². The van der Waals surface area contributed by atoms with Crippen LogP contribution in [0.4, 0.5) is 4.79 Å². The zero-order chi connectivity index (χ0) is 37.5. The lowest BCUT2D eigenvalue weighted by molar-refractivity contribution is -0.756. The molecule has 4 rings (SSSR count). The number of ether oxygens (including phenoxy) is 5. The third kappa shape index (κ3) is 11.0. The number of imidazole rings is 1. The van der Waals surface area contributed by atoms with Crippen LogP contribution in [0, 0.1) is 10.1 Å². The number of hydrazine groups is 1. The first-order valence-electron chi connectivity index (χ1n) is 15.7. The molecule has 0 saturated carbocycles. The Labute approximate surface area is 301 Å². The molecule has 4 aromatic rings. The van der Waals surface area contributed by atoms with E-state index in [1.807, 2.05) is 43.3 Å². The van der Waals surface area contributed by atoms with Crippen LogP contribution >= 0.6 is 11.8 Å². The van der Waals surface area contributed by atoms with Crippen molar-refractivity contribution in [3.8, 4) is 17.1 Å². The lowest BCUT2D eigenvalue weighted by atomic mass is 9.98. The number of carbonyl (C=O) groups excluding carboxylic acids is 3. The van der Waals surface area contributed by atoms with Crippen molar-refractivity contribution in [2.45, 2.75) is 26.7 Å². The van der Waals surface area contributed by atoms with Gasteiger partial charge in [-0.1, -0.05) is 54.6 Å². The summed E-state index contributed by atoms with van der Waals surface area (Å²) in [7, 11) is 0. The van der Waals surface area contributed by atoms with Crippen LogP contribution in [0.3, 0.4) is 0 Å². The van der Waals surface area contributed by atoms with Crippen LogP contribution in [0.15, 0.2) is 71.8 Å². The number of nitrogens with two attached hydrogens (primary N) is 2. The predicted octanol–water partition coefficient (Wildman–Crippen LogP) is 3.67. The van der Waals surface area contributed by atoms with E-state index in [1.54, 1.807) is 34.9 Å². The topological polar surface area (TPSA) is 235 Å². The summed E-state index contributed by atoms with van der Waals surface area (Å²) in [5.74, 6) is 6.01. The number of para-hydroxylation sites is 1. The molecule has 1 aromatic heterocycles. The number of hydrogen-bond donors (Lipinski definition) is 2. The van der Waals surface area contributed by atoms with Gasteiger partial charge in [0.25, 0.3) is 17.6 Å². The molecule has 0 aliphatic heterocycles. The lowest BCUT2D eigenvalue weighted by Crippen LogP contribution is -2.33. The average Bonchev–Trinajstić information content (AvgIpc) is 3.47. The van der Waals surface area contributed by atoms with E-state index in [2.05, 4.69) is 14.9 Å². The number of amidine groups is 1. The van der Waals surface area contributed by atoms with Crippen molar-refractivity contribution in [2.24, 2.45) is 16.7 Å². The van der Waals surface area contributed by atoms with Crippen LogP contribution in [0.2, 0.25) is 0 Å². The fourth-order valence-corrected chi connectivity index (χ4v) is 5.40. The average molecular weight is 740 g/mol. The second-order valence-electron chi connectivity index (χ2n) is 10.5. The molecule has 19 heteroatoms. The molecule has 1 unspecified atom stereocenters. The Bertz CT molecular complexity index is 1870. The van der Waals surface area contributed by atoms with E-state index in [4.69, 9.17) is 35.3 Å². The van der Waals surface area contributed by atoms with Crippen molar-refractivity contribution >= 4 is 47.2 Å². The third-order valence-electron chi connectivity index (χ3n) is 6.98. The zero-order valence-corrected chi connectivity index (χ0v) is 29.1.